The lowest BCUT2D eigenvalue weighted by atomic mass is 10.1. The number of nitrogens with one attached hydrogen (secondary N) is 2. The lowest BCUT2D eigenvalue weighted by Crippen LogP contribution is -2.34. The standard InChI is InChI=1S/C18H20N4O2/c1-3-15(20-4-2)17-21-16-6-5-13(11-14(16)18(23)22-17)24-12-7-9-19-10-8-12/h3-6,11-12,19H,1-2,7-10H2,(H,21,22,23). The minimum absolute atomic E-state index is 0.183. The second-order valence-electron chi connectivity index (χ2n) is 5.56. The van der Waals surface area contributed by atoms with E-state index in [4.69, 9.17) is 4.74 Å². The Hall–Kier alpha value is -2.73. The van der Waals surface area contributed by atoms with Crippen LogP contribution in [-0.2, 0) is 0 Å². The summed E-state index contributed by atoms with van der Waals surface area (Å²) in [5, 5.41) is 3.79. The first-order valence-corrected chi connectivity index (χ1v) is 7.94. The molecule has 0 radical (unpaired) electrons. The van der Waals surface area contributed by atoms with Gasteiger partial charge in [0.05, 0.1) is 10.9 Å². The molecule has 1 fully saturated rings. The van der Waals surface area contributed by atoms with Gasteiger partial charge in [-0.1, -0.05) is 13.2 Å². The fourth-order valence-electron chi connectivity index (χ4n) is 2.73. The molecule has 0 atom stereocenters. The van der Waals surface area contributed by atoms with Crippen LogP contribution in [0, 0.1) is 0 Å². The molecular formula is C18H20N4O2. The number of rotatable bonds is 5. The van der Waals surface area contributed by atoms with Crippen LogP contribution >= 0.6 is 0 Å². The smallest absolute Gasteiger partial charge is 0.259 e. The maximum absolute atomic E-state index is 12.4. The molecule has 0 aliphatic carbocycles. The van der Waals surface area contributed by atoms with Crippen LogP contribution in [0.1, 0.15) is 18.7 Å². The molecule has 2 aromatic rings. The van der Waals surface area contributed by atoms with E-state index >= 15 is 0 Å². The van der Waals surface area contributed by atoms with Crippen LogP contribution < -0.4 is 15.6 Å². The lowest BCUT2D eigenvalue weighted by molar-refractivity contribution is 0.162. The third-order valence-electron chi connectivity index (χ3n) is 3.93. The van der Waals surface area contributed by atoms with Gasteiger partial charge < -0.3 is 15.0 Å². The van der Waals surface area contributed by atoms with Gasteiger partial charge in [0.2, 0.25) is 0 Å². The van der Waals surface area contributed by atoms with Gasteiger partial charge in [0.15, 0.2) is 5.82 Å². The van der Waals surface area contributed by atoms with Crippen LogP contribution in [0.5, 0.6) is 5.75 Å². The molecule has 1 aliphatic rings. The van der Waals surface area contributed by atoms with Crippen LogP contribution in [0.2, 0.25) is 0 Å². The van der Waals surface area contributed by atoms with E-state index in [2.05, 4.69) is 33.4 Å². The molecule has 0 bridgehead atoms. The summed E-state index contributed by atoms with van der Waals surface area (Å²) in [6.07, 6.45) is 5.03. The average molecular weight is 324 g/mol. The van der Waals surface area contributed by atoms with Crippen molar-refractivity contribution < 1.29 is 4.74 Å². The predicted octanol–water partition coefficient (Wildman–Crippen LogP) is 2.17. The zero-order chi connectivity index (χ0) is 16.9. The topological polar surface area (TPSA) is 79.4 Å². The molecule has 6 heteroatoms. The van der Waals surface area contributed by atoms with E-state index < -0.39 is 0 Å². The number of allylic oxidation sites excluding steroid dienone is 1. The predicted molar refractivity (Wildman–Crippen MR) is 95.8 cm³/mol. The molecular weight excluding hydrogens is 304 g/mol. The normalized spacial score (nSPS) is 16.1. The number of aromatic amines is 1. The van der Waals surface area contributed by atoms with Crippen molar-refractivity contribution in [3.8, 4) is 5.75 Å². The summed E-state index contributed by atoms with van der Waals surface area (Å²) in [5.41, 5.74) is 0.827. The number of H-pyrrole nitrogens is 1. The van der Waals surface area contributed by atoms with Crippen molar-refractivity contribution in [2.24, 2.45) is 4.99 Å². The Bertz CT molecular complexity index is 848. The van der Waals surface area contributed by atoms with Crippen LogP contribution in [0.15, 0.2) is 53.4 Å². The van der Waals surface area contributed by atoms with E-state index in [0.29, 0.717) is 28.2 Å². The van der Waals surface area contributed by atoms with Crippen LogP contribution in [0.4, 0.5) is 0 Å². The van der Waals surface area contributed by atoms with Gasteiger partial charge in [0.25, 0.3) is 5.56 Å². The first-order chi connectivity index (χ1) is 11.7. The van der Waals surface area contributed by atoms with Crippen LogP contribution in [0.3, 0.4) is 0 Å². The molecule has 24 heavy (non-hydrogen) atoms. The van der Waals surface area contributed by atoms with Crippen molar-refractivity contribution in [3.63, 3.8) is 0 Å². The third-order valence-corrected chi connectivity index (χ3v) is 3.93. The SMILES string of the molecule is C=CN=C(C=C)c1nc2ccc(OC3CCNCC3)cc2c(=O)[nH]1. The van der Waals surface area contributed by atoms with Gasteiger partial charge in [-0.2, -0.15) is 0 Å². The van der Waals surface area contributed by atoms with Crippen molar-refractivity contribution in [2.75, 3.05) is 13.1 Å². The van der Waals surface area contributed by atoms with Crippen molar-refractivity contribution in [1.29, 1.82) is 0 Å². The molecule has 2 heterocycles. The van der Waals surface area contributed by atoms with E-state index in [1.807, 2.05) is 6.07 Å². The number of ether oxygens (including phenoxy) is 1. The Morgan fingerprint density at radius 3 is 2.83 bits per heavy atom. The number of nitrogens with zero attached hydrogens (tertiary/aromatic N) is 2. The summed E-state index contributed by atoms with van der Waals surface area (Å²) in [6.45, 7) is 9.14. The summed E-state index contributed by atoms with van der Waals surface area (Å²) >= 11 is 0. The van der Waals surface area contributed by atoms with Crippen LogP contribution in [-0.4, -0.2) is 34.9 Å². The number of piperidine rings is 1. The lowest BCUT2D eigenvalue weighted by Gasteiger charge is -2.23. The van der Waals surface area contributed by atoms with Crippen molar-refractivity contribution in [1.82, 2.24) is 15.3 Å². The molecule has 2 N–H and O–H groups in total. The Kier molecular flexibility index (Phi) is 4.86. The number of hydrogen-bond acceptors (Lipinski definition) is 5. The minimum Gasteiger partial charge on any atom is -0.490 e. The number of fused-ring (bicyclic) bond motifs is 1. The fraction of sp³-hybridized carbons (Fsp3) is 0.278. The van der Waals surface area contributed by atoms with Gasteiger partial charge in [-0.3, -0.25) is 9.79 Å². The molecule has 124 valence electrons. The van der Waals surface area contributed by atoms with E-state index in [9.17, 15) is 4.79 Å². The highest BCUT2D eigenvalue weighted by Crippen LogP contribution is 2.20. The Morgan fingerprint density at radius 1 is 1.33 bits per heavy atom. The van der Waals surface area contributed by atoms with Gasteiger partial charge in [0.1, 0.15) is 17.6 Å². The quantitative estimate of drug-likeness (QED) is 0.826. The first kappa shape index (κ1) is 16.1. The first-order valence-electron chi connectivity index (χ1n) is 7.94. The second-order valence-corrected chi connectivity index (χ2v) is 5.56. The Labute approximate surface area is 140 Å². The molecule has 0 unspecified atom stereocenters. The number of benzene rings is 1. The number of aromatic nitrogens is 2. The number of aliphatic imine (C=N–C) groups is 1. The monoisotopic (exact) mass is 324 g/mol. The van der Waals surface area contributed by atoms with E-state index in [0.717, 1.165) is 25.9 Å². The van der Waals surface area contributed by atoms with Crippen molar-refractivity contribution >= 4 is 16.6 Å². The summed E-state index contributed by atoms with van der Waals surface area (Å²) in [7, 11) is 0. The van der Waals surface area contributed by atoms with E-state index in [1.165, 1.54) is 12.3 Å². The third kappa shape index (κ3) is 3.44. The summed E-state index contributed by atoms with van der Waals surface area (Å²) in [5.74, 6) is 1.06. The van der Waals surface area contributed by atoms with E-state index in [1.54, 1.807) is 12.1 Å². The summed E-state index contributed by atoms with van der Waals surface area (Å²) < 4.78 is 5.98. The molecule has 0 amide bonds. The molecule has 0 spiro atoms. The zero-order valence-electron chi connectivity index (χ0n) is 13.4. The highest BCUT2D eigenvalue weighted by molar-refractivity contribution is 6.06. The van der Waals surface area contributed by atoms with Gasteiger partial charge in [0, 0.05) is 6.20 Å². The van der Waals surface area contributed by atoms with Gasteiger partial charge in [-0.15, -0.1) is 0 Å². The van der Waals surface area contributed by atoms with E-state index in [-0.39, 0.29) is 11.7 Å². The van der Waals surface area contributed by atoms with Crippen molar-refractivity contribution in [2.45, 2.75) is 18.9 Å². The molecule has 1 aromatic heterocycles. The highest BCUT2D eigenvalue weighted by atomic mass is 16.5. The molecule has 1 saturated heterocycles. The van der Waals surface area contributed by atoms with Crippen LogP contribution in [0.25, 0.3) is 10.9 Å². The molecule has 1 aliphatic heterocycles. The van der Waals surface area contributed by atoms with Gasteiger partial charge >= 0.3 is 0 Å². The Balaban J connectivity index is 1.94. The van der Waals surface area contributed by atoms with Gasteiger partial charge in [-0.05, 0) is 50.2 Å². The molecule has 0 saturated carbocycles. The van der Waals surface area contributed by atoms with Gasteiger partial charge in [-0.25, -0.2) is 4.98 Å². The molecule has 1 aromatic carbocycles. The molecule has 6 nitrogen and oxygen atoms in total. The largest absolute Gasteiger partial charge is 0.490 e. The number of hydrogen-bond donors (Lipinski definition) is 2. The Morgan fingerprint density at radius 2 is 2.12 bits per heavy atom. The average Bonchev–Trinajstić information content (AvgIpc) is 2.61. The highest BCUT2D eigenvalue weighted by Gasteiger charge is 2.15. The second kappa shape index (κ2) is 7.23. The zero-order valence-corrected chi connectivity index (χ0v) is 13.4. The fourth-order valence-corrected chi connectivity index (χ4v) is 2.73. The summed E-state index contributed by atoms with van der Waals surface area (Å²) in [6, 6.07) is 5.38. The summed E-state index contributed by atoms with van der Waals surface area (Å²) in [4.78, 5) is 23.6. The maximum Gasteiger partial charge on any atom is 0.259 e. The molecule has 3 rings (SSSR count). The minimum atomic E-state index is -0.232. The van der Waals surface area contributed by atoms with Crippen molar-refractivity contribution in [3.05, 3.63) is 59.8 Å². The maximum atomic E-state index is 12.4.